The van der Waals surface area contributed by atoms with E-state index in [1.54, 1.807) is 13.2 Å². The lowest BCUT2D eigenvalue weighted by atomic mass is 10.1. The first-order valence-corrected chi connectivity index (χ1v) is 5.68. The number of methoxy groups -OCH3 is 1. The molecule has 0 saturated heterocycles. The van der Waals surface area contributed by atoms with Crippen LogP contribution in [0.2, 0.25) is 0 Å². The zero-order valence-electron chi connectivity index (χ0n) is 10.9. The molecular weight excluding hydrogens is 214 g/mol. The molecule has 0 heterocycles. The molecule has 0 aliphatic rings. The third-order valence-electron chi connectivity index (χ3n) is 2.84. The van der Waals surface area contributed by atoms with Gasteiger partial charge >= 0.3 is 0 Å². The fraction of sp³-hybridized carbons (Fsp3) is 0.500. The van der Waals surface area contributed by atoms with Crippen molar-refractivity contribution in [3.05, 3.63) is 29.3 Å². The number of aryl methyl sites for hydroxylation is 1. The van der Waals surface area contributed by atoms with Crippen molar-refractivity contribution in [1.82, 2.24) is 0 Å². The molecule has 0 radical (unpaired) electrons. The second-order valence-corrected chi connectivity index (χ2v) is 4.63. The van der Waals surface area contributed by atoms with Gasteiger partial charge in [-0.15, -0.1) is 0 Å². The number of benzene rings is 1. The lowest BCUT2D eigenvalue weighted by Crippen LogP contribution is -2.25. The van der Waals surface area contributed by atoms with Crippen molar-refractivity contribution in [3.8, 4) is 11.8 Å². The molecule has 1 aromatic carbocycles. The predicted octanol–water partition coefficient (Wildman–Crippen LogP) is 3.06. The van der Waals surface area contributed by atoms with Gasteiger partial charge in [0.1, 0.15) is 11.8 Å². The Morgan fingerprint density at radius 2 is 2.06 bits per heavy atom. The Morgan fingerprint density at radius 1 is 1.35 bits per heavy atom. The van der Waals surface area contributed by atoms with Crippen molar-refractivity contribution in [2.24, 2.45) is 0 Å². The number of rotatable bonds is 5. The largest absolute Gasteiger partial charge is 0.492 e. The fourth-order valence-electron chi connectivity index (χ4n) is 1.43. The molecule has 0 unspecified atom stereocenters. The summed E-state index contributed by atoms with van der Waals surface area (Å²) < 4.78 is 11.0. The molecule has 0 aliphatic carbocycles. The van der Waals surface area contributed by atoms with Gasteiger partial charge in [-0.25, -0.2) is 0 Å². The zero-order valence-corrected chi connectivity index (χ0v) is 10.9. The molecule has 1 rings (SSSR count). The Balaban J connectivity index is 2.67. The van der Waals surface area contributed by atoms with Crippen LogP contribution in [0.25, 0.3) is 0 Å². The topological polar surface area (TPSA) is 42.2 Å². The second-order valence-electron chi connectivity index (χ2n) is 4.63. The van der Waals surface area contributed by atoms with Gasteiger partial charge in [0, 0.05) is 13.5 Å². The van der Waals surface area contributed by atoms with Crippen LogP contribution in [0.1, 0.15) is 31.4 Å². The van der Waals surface area contributed by atoms with E-state index in [1.807, 2.05) is 32.9 Å². The molecule has 0 spiro atoms. The van der Waals surface area contributed by atoms with Crippen LogP contribution in [0.4, 0.5) is 0 Å². The smallest absolute Gasteiger partial charge is 0.139 e. The SMILES string of the molecule is COC(C)(C)CCOc1c(C)cccc1C#N. The van der Waals surface area contributed by atoms with Crippen LogP contribution in [0.15, 0.2) is 18.2 Å². The van der Waals surface area contributed by atoms with Gasteiger partial charge in [0.05, 0.1) is 17.8 Å². The quantitative estimate of drug-likeness (QED) is 0.785. The molecule has 3 nitrogen and oxygen atoms in total. The highest BCUT2D eigenvalue weighted by atomic mass is 16.5. The van der Waals surface area contributed by atoms with Crippen LogP contribution in [-0.2, 0) is 4.74 Å². The molecule has 92 valence electrons. The highest BCUT2D eigenvalue weighted by molar-refractivity contribution is 5.47. The maximum atomic E-state index is 8.99. The van der Waals surface area contributed by atoms with Crippen molar-refractivity contribution in [2.45, 2.75) is 32.8 Å². The van der Waals surface area contributed by atoms with Gasteiger partial charge < -0.3 is 9.47 Å². The van der Waals surface area contributed by atoms with E-state index < -0.39 is 0 Å². The molecule has 3 heteroatoms. The van der Waals surface area contributed by atoms with Gasteiger partial charge in [-0.3, -0.25) is 0 Å². The first-order chi connectivity index (χ1) is 8.00. The lowest BCUT2D eigenvalue weighted by molar-refractivity contribution is 0.00537. The standard InChI is InChI=1S/C14H19NO2/c1-11-6-5-7-12(10-15)13(11)17-9-8-14(2,3)16-4/h5-7H,8-9H2,1-4H3. The number of ether oxygens (including phenoxy) is 2. The Kier molecular flexibility index (Phi) is 4.53. The second kappa shape index (κ2) is 5.70. The molecule has 17 heavy (non-hydrogen) atoms. The van der Waals surface area contributed by atoms with Crippen molar-refractivity contribution in [1.29, 1.82) is 5.26 Å². The van der Waals surface area contributed by atoms with E-state index in [2.05, 4.69) is 6.07 Å². The first kappa shape index (κ1) is 13.5. The van der Waals surface area contributed by atoms with Gasteiger partial charge in [-0.1, -0.05) is 12.1 Å². The molecule has 0 aliphatic heterocycles. The summed E-state index contributed by atoms with van der Waals surface area (Å²) in [6.45, 7) is 6.51. The molecule has 0 aromatic heterocycles. The zero-order chi connectivity index (χ0) is 12.9. The molecular formula is C14H19NO2. The van der Waals surface area contributed by atoms with E-state index in [1.165, 1.54) is 0 Å². The van der Waals surface area contributed by atoms with E-state index in [0.29, 0.717) is 17.9 Å². The minimum atomic E-state index is -0.199. The normalized spacial score (nSPS) is 11.0. The van der Waals surface area contributed by atoms with Crippen LogP contribution < -0.4 is 4.74 Å². The summed E-state index contributed by atoms with van der Waals surface area (Å²) in [6, 6.07) is 7.71. The third kappa shape index (κ3) is 3.76. The summed E-state index contributed by atoms with van der Waals surface area (Å²) in [5.41, 5.74) is 1.37. The van der Waals surface area contributed by atoms with E-state index >= 15 is 0 Å². The molecule has 0 N–H and O–H groups in total. The molecule has 0 saturated carbocycles. The minimum absolute atomic E-state index is 0.199. The Bertz CT molecular complexity index is 419. The van der Waals surface area contributed by atoms with Gasteiger partial charge in [0.25, 0.3) is 0 Å². The average Bonchev–Trinajstić information content (AvgIpc) is 2.31. The molecule has 0 fully saturated rings. The maximum Gasteiger partial charge on any atom is 0.139 e. The van der Waals surface area contributed by atoms with Crippen molar-refractivity contribution in [3.63, 3.8) is 0 Å². The number of nitriles is 1. The Morgan fingerprint density at radius 3 is 2.65 bits per heavy atom. The monoisotopic (exact) mass is 233 g/mol. The molecule has 1 aromatic rings. The van der Waals surface area contributed by atoms with E-state index in [4.69, 9.17) is 14.7 Å². The highest BCUT2D eigenvalue weighted by Crippen LogP contribution is 2.23. The Hall–Kier alpha value is -1.53. The van der Waals surface area contributed by atoms with Crippen LogP contribution >= 0.6 is 0 Å². The number of hydrogen-bond donors (Lipinski definition) is 0. The van der Waals surface area contributed by atoms with Crippen LogP contribution in [-0.4, -0.2) is 19.3 Å². The number of hydrogen-bond acceptors (Lipinski definition) is 3. The summed E-state index contributed by atoms with van der Waals surface area (Å²) >= 11 is 0. The first-order valence-electron chi connectivity index (χ1n) is 5.68. The van der Waals surface area contributed by atoms with E-state index in [-0.39, 0.29) is 5.60 Å². The van der Waals surface area contributed by atoms with E-state index in [0.717, 1.165) is 12.0 Å². The Labute approximate surface area is 103 Å². The van der Waals surface area contributed by atoms with Gasteiger partial charge in [-0.2, -0.15) is 5.26 Å². The van der Waals surface area contributed by atoms with Crippen LogP contribution in [0.3, 0.4) is 0 Å². The maximum absolute atomic E-state index is 8.99. The predicted molar refractivity (Wildman–Crippen MR) is 67.1 cm³/mol. The van der Waals surface area contributed by atoms with E-state index in [9.17, 15) is 0 Å². The van der Waals surface area contributed by atoms with Crippen LogP contribution in [0, 0.1) is 18.3 Å². The third-order valence-corrected chi connectivity index (χ3v) is 2.84. The molecule has 0 atom stereocenters. The van der Waals surface area contributed by atoms with Gasteiger partial charge in [0.2, 0.25) is 0 Å². The summed E-state index contributed by atoms with van der Waals surface area (Å²) in [5.74, 6) is 0.682. The number of nitrogens with zero attached hydrogens (tertiary/aromatic N) is 1. The van der Waals surface area contributed by atoms with Gasteiger partial charge in [-0.05, 0) is 32.4 Å². The fourth-order valence-corrected chi connectivity index (χ4v) is 1.43. The van der Waals surface area contributed by atoms with Crippen LogP contribution in [0.5, 0.6) is 5.75 Å². The number of para-hydroxylation sites is 1. The average molecular weight is 233 g/mol. The van der Waals surface area contributed by atoms with Crippen molar-refractivity contribution >= 4 is 0 Å². The van der Waals surface area contributed by atoms with Crippen molar-refractivity contribution in [2.75, 3.05) is 13.7 Å². The summed E-state index contributed by atoms with van der Waals surface area (Å²) in [5, 5.41) is 8.99. The lowest BCUT2D eigenvalue weighted by Gasteiger charge is -2.23. The molecule has 0 bridgehead atoms. The van der Waals surface area contributed by atoms with Crippen molar-refractivity contribution < 1.29 is 9.47 Å². The summed E-state index contributed by atoms with van der Waals surface area (Å²) in [7, 11) is 1.69. The summed E-state index contributed by atoms with van der Waals surface area (Å²) in [4.78, 5) is 0. The molecule has 0 amide bonds. The highest BCUT2D eigenvalue weighted by Gasteiger charge is 2.16. The van der Waals surface area contributed by atoms with Gasteiger partial charge in [0.15, 0.2) is 0 Å². The summed E-state index contributed by atoms with van der Waals surface area (Å²) in [6.07, 6.45) is 0.780. The minimum Gasteiger partial charge on any atom is -0.492 e.